The molecule has 108 valence electrons. The first-order chi connectivity index (χ1) is 9.43. The van der Waals surface area contributed by atoms with Gasteiger partial charge in [-0.1, -0.05) is 18.2 Å². The lowest BCUT2D eigenvalue weighted by molar-refractivity contribution is 0.0681. The summed E-state index contributed by atoms with van der Waals surface area (Å²) in [6.45, 7) is 1.05. The van der Waals surface area contributed by atoms with Crippen LogP contribution >= 0.6 is 0 Å². The summed E-state index contributed by atoms with van der Waals surface area (Å²) in [7, 11) is -3.47. The quantitative estimate of drug-likeness (QED) is 0.853. The second kappa shape index (κ2) is 4.85. The molecule has 1 fully saturated rings. The first kappa shape index (κ1) is 13.6. The molecule has 0 spiro atoms. The molecule has 1 aromatic carbocycles. The molecule has 0 bridgehead atoms. The zero-order valence-electron chi connectivity index (χ0n) is 10.8. The molecule has 1 atom stereocenters. The maximum Gasteiger partial charge on any atom is 0.214 e. The molecule has 0 aliphatic carbocycles. The molecule has 0 radical (unpaired) electrons. The molecule has 2 aromatic rings. The highest BCUT2D eigenvalue weighted by Gasteiger charge is 2.36. The van der Waals surface area contributed by atoms with E-state index in [4.69, 9.17) is 9.56 Å². The summed E-state index contributed by atoms with van der Waals surface area (Å²) in [6.07, 6.45) is -0.774. The molecule has 0 unspecified atom stereocenters. The van der Waals surface area contributed by atoms with Crippen molar-refractivity contribution in [3.05, 3.63) is 36.1 Å². The molecule has 1 saturated heterocycles. The molecule has 1 aliphatic heterocycles. The van der Waals surface area contributed by atoms with Gasteiger partial charge in [-0.2, -0.15) is 0 Å². The maximum atomic E-state index is 11.1. The zero-order valence-corrected chi connectivity index (χ0v) is 11.6. The second-order valence-corrected chi connectivity index (χ2v) is 6.98. The number of aliphatic hydroxyl groups is 1. The van der Waals surface area contributed by atoms with Crippen molar-refractivity contribution in [2.75, 3.05) is 19.6 Å². The van der Waals surface area contributed by atoms with Crippen LogP contribution in [0.5, 0.6) is 0 Å². The minimum atomic E-state index is -3.47. The van der Waals surface area contributed by atoms with Crippen molar-refractivity contribution in [2.24, 2.45) is 5.14 Å². The van der Waals surface area contributed by atoms with E-state index < -0.39 is 21.4 Å². The number of sulfonamides is 1. The van der Waals surface area contributed by atoms with Crippen molar-refractivity contribution in [1.82, 2.24) is 4.90 Å². The highest BCUT2D eigenvalue weighted by atomic mass is 32.2. The number of nitrogens with zero attached hydrogens (tertiary/aromatic N) is 1. The molecular formula is C13H16N2O4S. The first-order valence-electron chi connectivity index (χ1n) is 6.34. The van der Waals surface area contributed by atoms with E-state index in [1.54, 1.807) is 6.07 Å². The van der Waals surface area contributed by atoms with Gasteiger partial charge in [0.15, 0.2) is 0 Å². The second-order valence-electron chi connectivity index (χ2n) is 5.13. The normalized spacial score (nSPS) is 19.1. The Balaban J connectivity index is 1.64. The van der Waals surface area contributed by atoms with Gasteiger partial charge in [0.05, 0.1) is 0 Å². The number of primary sulfonamides is 1. The number of β-amino-alcohol motifs (C(OH)–C–C–N with tert-alkyl or cyclic N) is 1. The van der Waals surface area contributed by atoms with E-state index in [0.717, 1.165) is 11.0 Å². The molecule has 0 saturated carbocycles. The van der Waals surface area contributed by atoms with Gasteiger partial charge in [0.2, 0.25) is 10.0 Å². The fraction of sp³-hybridized carbons (Fsp3) is 0.385. The third kappa shape index (κ3) is 2.57. The molecule has 1 aliphatic rings. The van der Waals surface area contributed by atoms with Gasteiger partial charge in [0.1, 0.15) is 22.7 Å². The molecule has 0 amide bonds. The van der Waals surface area contributed by atoms with Crippen LogP contribution in [0.3, 0.4) is 0 Å². The number of furan rings is 1. The van der Waals surface area contributed by atoms with Gasteiger partial charge in [-0.15, -0.1) is 0 Å². The number of para-hydroxylation sites is 1. The van der Waals surface area contributed by atoms with Crippen LogP contribution < -0.4 is 5.14 Å². The van der Waals surface area contributed by atoms with Gasteiger partial charge in [0, 0.05) is 25.0 Å². The number of aliphatic hydroxyl groups excluding tert-OH is 1. The average Bonchev–Trinajstić information content (AvgIpc) is 2.75. The topological polar surface area (TPSA) is 96.8 Å². The summed E-state index contributed by atoms with van der Waals surface area (Å²) in [5.74, 6) is 0.491. The minimum absolute atomic E-state index is 0.339. The van der Waals surface area contributed by atoms with E-state index in [-0.39, 0.29) is 0 Å². The van der Waals surface area contributed by atoms with Gasteiger partial charge in [-0.25, -0.2) is 13.6 Å². The van der Waals surface area contributed by atoms with Crippen molar-refractivity contribution >= 4 is 21.0 Å². The van der Waals surface area contributed by atoms with Crippen LogP contribution in [0.1, 0.15) is 11.9 Å². The van der Waals surface area contributed by atoms with Gasteiger partial charge in [0.25, 0.3) is 0 Å². The number of rotatable bonds is 4. The van der Waals surface area contributed by atoms with Gasteiger partial charge >= 0.3 is 0 Å². The van der Waals surface area contributed by atoms with Crippen LogP contribution in [0.15, 0.2) is 34.7 Å². The lowest BCUT2D eigenvalue weighted by Gasteiger charge is -2.38. The standard InChI is InChI=1S/C13H16N2O4S/c14-20(17,18)10-6-15(7-10)8-11(16)13-5-9-3-1-2-4-12(9)19-13/h1-5,10-11,16H,6-8H2,(H2,14,17,18)/t11-/m1/s1. The fourth-order valence-corrected chi connectivity index (χ4v) is 3.22. The SMILES string of the molecule is NS(=O)(=O)C1CN(C[C@@H](O)c2cc3ccccc3o2)C1. The summed E-state index contributed by atoms with van der Waals surface area (Å²) in [6, 6.07) is 9.33. The van der Waals surface area contributed by atoms with E-state index in [9.17, 15) is 13.5 Å². The molecular weight excluding hydrogens is 280 g/mol. The smallest absolute Gasteiger partial charge is 0.214 e. The van der Waals surface area contributed by atoms with E-state index in [0.29, 0.717) is 25.4 Å². The Kier molecular flexibility index (Phi) is 3.29. The number of benzene rings is 1. The Morgan fingerprint density at radius 3 is 2.75 bits per heavy atom. The predicted molar refractivity (Wildman–Crippen MR) is 74.5 cm³/mol. The largest absolute Gasteiger partial charge is 0.458 e. The lowest BCUT2D eigenvalue weighted by atomic mass is 10.1. The Morgan fingerprint density at radius 2 is 2.10 bits per heavy atom. The Labute approximate surface area is 116 Å². The minimum Gasteiger partial charge on any atom is -0.458 e. The van der Waals surface area contributed by atoms with Crippen molar-refractivity contribution < 1.29 is 17.9 Å². The van der Waals surface area contributed by atoms with Gasteiger partial charge in [-0.05, 0) is 12.1 Å². The summed E-state index contributed by atoms with van der Waals surface area (Å²) in [4.78, 5) is 1.84. The van der Waals surface area contributed by atoms with E-state index >= 15 is 0 Å². The monoisotopic (exact) mass is 296 g/mol. The summed E-state index contributed by atoms with van der Waals surface area (Å²) in [5, 5.41) is 15.6. The molecule has 3 rings (SSSR count). The summed E-state index contributed by atoms with van der Waals surface area (Å²) < 4.78 is 27.8. The molecule has 3 N–H and O–H groups in total. The van der Waals surface area contributed by atoms with Crippen molar-refractivity contribution in [1.29, 1.82) is 0 Å². The maximum absolute atomic E-state index is 11.1. The highest BCUT2D eigenvalue weighted by molar-refractivity contribution is 7.89. The first-order valence-corrected chi connectivity index (χ1v) is 7.95. The van der Waals surface area contributed by atoms with Crippen molar-refractivity contribution in [2.45, 2.75) is 11.4 Å². The van der Waals surface area contributed by atoms with Crippen molar-refractivity contribution in [3.63, 3.8) is 0 Å². The number of likely N-dealkylation sites (tertiary alicyclic amines) is 1. The average molecular weight is 296 g/mol. The number of hydrogen-bond acceptors (Lipinski definition) is 5. The van der Waals surface area contributed by atoms with Gasteiger partial charge < -0.3 is 9.52 Å². The predicted octanol–water partition coefficient (Wildman–Crippen LogP) is 0.439. The lowest BCUT2D eigenvalue weighted by Crippen LogP contribution is -2.57. The number of fused-ring (bicyclic) bond motifs is 1. The van der Waals surface area contributed by atoms with Crippen LogP contribution in [0.25, 0.3) is 11.0 Å². The summed E-state index contributed by atoms with van der Waals surface area (Å²) >= 11 is 0. The molecule has 7 heteroatoms. The van der Waals surface area contributed by atoms with E-state index in [1.165, 1.54) is 0 Å². The highest BCUT2D eigenvalue weighted by Crippen LogP contribution is 2.26. The number of hydrogen-bond donors (Lipinski definition) is 2. The van der Waals surface area contributed by atoms with E-state index in [1.807, 2.05) is 29.2 Å². The number of nitrogens with two attached hydrogens (primary N) is 1. The van der Waals surface area contributed by atoms with Crippen LogP contribution in [0.4, 0.5) is 0 Å². The van der Waals surface area contributed by atoms with Crippen molar-refractivity contribution in [3.8, 4) is 0 Å². The molecule has 2 heterocycles. The van der Waals surface area contributed by atoms with Crippen LogP contribution in [0, 0.1) is 0 Å². The Hall–Kier alpha value is -1.41. The molecule has 20 heavy (non-hydrogen) atoms. The Bertz CT molecular complexity index is 686. The Morgan fingerprint density at radius 1 is 1.40 bits per heavy atom. The molecule has 6 nitrogen and oxygen atoms in total. The third-order valence-corrected chi connectivity index (χ3v) is 4.82. The van der Waals surface area contributed by atoms with Crippen LogP contribution in [0.2, 0.25) is 0 Å². The van der Waals surface area contributed by atoms with Crippen LogP contribution in [-0.2, 0) is 10.0 Å². The molecule has 1 aromatic heterocycles. The fourth-order valence-electron chi connectivity index (χ4n) is 2.38. The van der Waals surface area contributed by atoms with E-state index in [2.05, 4.69) is 0 Å². The zero-order chi connectivity index (χ0) is 14.3. The van der Waals surface area contributed by atoms with Crippen LogP contribution in [-0.4, -0.2) is 43.3 Å². The van der Waals surface area contributed by atoms with Gasteiger partial charge in [-0.3, -0.25) is 4.90 Å². The summed E-state index contributed by atoms with van der Waals surface area (Å²) in [5.41, 5.74) is 0.729. The third-order valence-electron chi connectivity index (χ3n) is 3.59.